The van der Waals surface area contributed by atoms with Gasteiger partial charge in [0.25, 0.3) is 0 Å². The van der Waals surface area contributed by atoms with E-state index in [9.17, 15) is 0 Å². The predicted molar refractivity (Wildman–Crippen MR) is 72.3 cm³/mol. The monoisotopic (exact) mass is 228 g/mol. The highest BCUT2D eigenvalue weighted by Crippen LogP contribution is 2.36. The SMILES string of the molecule is CC(C)c1cccc(C(C)C)c1-c1ccco1. The minimum atomic E-state index is 0.508. The maximum atomic E-state index is 5.60. The van der Waals surface area contributed by atoms with E-state index in [1.54, 1.807) is 6.26 Å². The van der Waals surface area contributed by atoms with Gasteiger partial charge < -0.3 is 4.42 Å². The van der Waals surface area contributed by atoms with Crippen molar-refractivity contribution in [2.75, 3.05) is 0 Å². The molecule has 2 rings (SSSR count). The van der Waals surface area contributed by atoms with Crippen LogP contribution in [0.4, 0.5) is 0 Å². The Labute approximate surface area is 103 Å². The van der Waals surface area contributed by atoms with Gasteiger partial charge >= 0.3 is 0 Å². The van der Waals surface area contributed by atoms with E-state index in [1.165, 1.54) is 16.7 Å². The lowest BCUT2D eigenvalue weighted by Crippen LogP contribution is -1.98. The maximum absolute atomic E-state index is 5.60. The third-order valence-electron chi connectivity index (χ3n) is 3.14. The molecule has 2 aromatic rings. The molecular formula is C16H20O. The molecule has 0 aliphatic heterocycles. The van der Waals surface area contributed by atoms with Gasteiger partial charge in [0.15, 0.2) is 0 Å². The third kappa shape index (κ3) is 2.28. The van der Waals surface area contributed by atoms with Gasteiger partial charge in [-0.25, -0.2) is 0 Å². The summed E-state index contributed by atoms with van der Waals surface area (Å²) in [6.45, 7) is 8.91. The van der Waals surface area contributed by atoms with Crippen LogP contribution in [0.5, 0.6) is 0 Å². The quantitative estimate of drug-likeness (QED) is 0.704. The molecule has 0 unspecified atom stereocenters. The van der Waals surface area contributed by atoms with Crippen LogP contribution in [-0.2, 0) is 0 Å². The van der Waals surface area contributed by atoms with Crippen molar-refractivity contribution < 1.29 is 4.42 Å². The van der Waals surface area contributed by atoms with E-state index < -0.39 is 0 Å². The molecule has 0 N–H and O–H groups in total. The van der Waals surface area contributed by atoms with Crippen LogP contribution in [0.25, 0.3) is 11.3 Å². The molecule has 0 amide bonds. The van der Waals surface area contributed by atoms with Gasteiger partial charge in [0, 0.05) is 5.56 Å². The van der Waals surface area contributed by atoms with E-state index in [0.717, 1.165) is 5.76 Å². The number of hydrogen-bond acceptors (Lipinski definition) is 1. The van der Waals surface area contributed by atoms with Crippen molar-refractivity contribution in [1.29, 1.82) is 0 Å². The Kier molecular flexibility index (Phi) is 3.37. The van der Waals surface area contributed by atoms with Gasteiger partial charge in [-0.15, -0.1) is 0 Å². The molecule has 0 aliphatic carbocycles. The molecule has 1 heteroatoms. The van der Waals surface area contributed by atoms with Gasteiger partial charge in [-0.3, -0.25) is 0 Å². The van der Waals surface area contributed by atoms with Crippen LogP contribution in [0.15, 0.2) is 41.0 Å². The average molecular weight is 228 g/mol. The molecular weight excluding hydrogens is 208 g/mol. The zero-order valence-electron chi connectivity index (χ0n) is 11.0. The Bertz CT molecular complexity index is 452. The Morgan fingerprint density at radius 1 is 0.824 bits per heavy atom. The van der Waals surface area contributed by atoms with Gasteiger partial charge in [-0.2, -0.15) is 0 Å². The first kappa shape index (κ1) is 12.0. The van der Waals surface area contributed by atoms with Crippen LogP contribution >= 0.6 is 0 Å². The summed E-state index contributed by atoms with van der Waals surface area (Å²) in [5, 5.41) is 0. The Hall–Kier alpha value is -1.50. The van der Waals surface area contributed by atoms with E-state index in [-0.39, 0.29) is 0 Å². The highest BCUT2D eigenvalue weighted by Gasteiger charge is 2.16. The van der Waals surface area contributed by atoms with Gasteiger partial charge in [-0.1, -0.05) is 45.9 Å². The molecule has 0 bridgehead atoms. The molecule has 1 aromatic heterocycles. The second-order valence-corrected chi connectivity index (χ2v) is 5.10. The normalized spacial score (nSPS) is 11.4. The van der Waals surface area contributed by atoms with Gasteiger partial charge in [0.1, 0.15) is 5.76 Å². The van der Waals surface area contributed by atoms with E-state index in [1.807, 2.05) is 12.1 Å². The van der Waals surface area contributed by atoms with E-state index in [2.05, 4.69) is 45.9 Å². The van der Waals surface area contributed by atoms with E-state index in [4.69, 9.17) is 4.42 Å². The van der Waals surface area contributed by atoms with Gasteiger partial charge in [0.2, 0.25) is 0 Å². The molecule has 0 fully saturated rings. The highest BCUT2D eigenvalue weighted by atomic mass is 16.3. The van der Waals surface area contributed by atoms with Crippen molar-refractivity contribution in [3.63, 3.8) is 0 Å². The molecule has 1 aromatic carbocycles. The topological polar surface area (TPSA) is 13.1 Å². The fraction of sp³-hybridized carbons (Fsp3) is 0.375. The van der Waals surface area contributed by atoms with E-state index in [0.29, 0.717) is 11.8 Å². The first-order valence-corrected chi connectivity index (χ1v) is 6.28. The van der Waals surface area contributed by atoms with Gasteiger partial charge in [-0.05, 0) is 35.1 Å². The lowest BCUT2D eigenvalue weighted by molar-refractivity contribution is 0.579. The lowest BCUT2D eigenvalue weighted by Gasteiger charge is -2.17. The molecule has 0 spiro atoms. The van der Waals surface area contributed by atoms with Crippen molar-refractivity contribution in [3.8, 4) is 11.3 Å². The maximum Gasteiger partial charge on any atom is 0.134 e. The Morgan fingerprint density at radius 2 is 1.41 bits per heavy atom. The number of hydrogen-bond donors (Lipinski definition) is 0. The first-order valence-electron chi connectivity index (χ1n) is 6.28. The zero-order chi connectivity index (χ0) is 12.4. The van der Waals surface area contributed by atoms with Crippen LogP contribution < -0.4 is 0 Å². The Morgan fingerprint density at radius 3 is 1.82 bits per heavy atom. The van der Waals surface area contributed by atoms with Crippen molar-refractivity contribution in [1.82, 2.24) is 0 Å². The second-order valence-electron chi connectivity index (χ2n) is 5.10. The fourth-order valence-electron chi connectivity index (χ4n) is 2.26. The summed E-state index contributed by atoms with van der Waals surface area (Å²) in [5.74, 6) is 2.00. The van der Waals surface area contributed by atoms with Crippen molar-refractivity contribution >= 4 is 0 Å². The van der Waals surface area contributed by atoms with Crippen LogP contribution in [-0.4, -0.2) is 0 Å². The molecule has 90 valence electrons. The van der Waals surface area contributed by atoms with E-state index >= 15 is 0 Å². The zero-order valence-corrected chi connectivity index (χ0v) is 11.0. The standard InChI is InChI=1S/C16H20O/c1-11(2)13-7-5-8-14(12(3)4)16(13)15-9-6-10-17-15/h5-12H,1-4H3. The summed E-state index contributed by atoms with van der Waals surface area (Å²) in [6.07, 6.45) is 1.75. The van der Waals surface area contributed by atoms with Crippen molar-refractivity contribution in [2.45, 2.75) is 39.5 Å². The van der Waals surface area contributed by atoms with Crippen molar-refractivity contribution in [3.05, 3.63) is 47.7 Å². The number of benzene rings is 1. The molecule has 0 saturated heterocycles. The minimum absolute atomic E-state index is 0.508. The van der Waals surface area contributed by atoms with Crippen LogP contribution in [0, 0.1) is 0 Å². The smallest absolute Gasteiger partial charge is 0.134 e. The number of rotatable bonds is 3. The molecule has 0 aliphatic rings. The lowest BCUT2D eigenvalue weighted by atomic mass is 9.87. The van der Waals surface area contributed by atoms with Gasteiger partial charge in [0.05, 0.1) is 6.26 Å². The number of furan rings is 1. The summed E-state index contributed by atoms with van der Waals surface area (Å²) in [5.41, 5.74) is 4.01. The molecule has 0 radical (unpaired) electrons. The summed E-state index contributed by atoms with van der Waals surface area (Å²) in [6, 6.07) is 10.6. The van der Waals surface area contributed by atoms with Crippen molar-refractivity contribution in [2.24, 2.45) is 0 Å². The molecule has 17 heavy (non-hydrogen) atoms. The largest absolute Gasteiger partial charge is 0.464 e. The van der Waals surface area contributed by atoms with Crippen LogP contribution in [0.2, 0.25) is 0 Å². The second kappa shape index (κ2) is 4.79. The summed E-state index contributed by atoms with van der Waals surface area (Å²) >= 11 is 0. The van der Waals surface area contributed by atoms with Crippen LogP contribution in [0.3, 0.4) is 0 Å². The summed E-state index contributed by atoms with van der Waals surface area (Å²) < 4.78 is 5.60. The summed E-state index contributed by atoms with van der Waals surface area (Å²) in [4.78, 5) is 0. The third-order valence-corrected chi connectivity index (χ3v) is 3.14. The molecule has 1 heterocycles. The van der Waals surface area contributed by atoms with Crippen LogP contribution in [0.1, 0.15) is 50.7 Å². The molecule has 0 atom stereocenters. The highest BCUT2D eigenvalue weighted by molar-refractivity contribution is 5.68. The fourth-order valence-corrected chi connectivity index (χ4v) is 2.26. The molecule has 0 saturated carbocycles. The summed E-state index contributed by atoms with van der Waals surface area (Å²) in [7, 11) is 0. The predicted octanol–water partition coefficient (Wildman–Crippen LogP) is 5.19. The minimum Gasteiger partial charge on any atom is -0.464 e. The molecule has 1 nitrogen and oxygen atoms in total. The first-order chi connectivity index (χ1) is 8.11. The average Bonchev–Trinajstić information content (AvgIpc) is 2.80. The Balaban J connectivity index is 2.67.